The molecule has 23 heteroatoms. The van der Waals surface area contributed by atoms with Crippen molar-refractivity contribution in [2.24, 2.45) is 0 Å². The normalized spacial score (nSPS) is 14.3. The number of hydrogen-bond acceptors (Lipinski definition) is 18. The van der Waals surface area contributed by atoms with E-state index in [4.69, 9.17) is 47.7 Å². The Bertz CT molecular complexity index is 4090. The predicted octanol–water partition coefficient (Wildman–Crippen LogP) is 13.2. The number of aromatic nitrogens is 6. The maximum atomic E-state index is 13.9. The van der Waals surface area contributed by atoms with Crippen LogP contribution >= 0.6 is 0 Å². The molecule has 1 radical (unpaired) electrons. The minimum absolute atomic E-state index is 0. The van der Waals surface area contributed by atoms with Gasteiger partial charge in [0.05, 0.1) is 59.9 Å². The van der Waals surface area contributed by atoms with Gasteiger partial charge in [0, 0.05) is 79.4 Å². The van der Waals surface area contributed by atoms with Crippen molar-refractivity contribution in [2.75, 3.05) is 78.9 Å². The Morgan fingerprint density at radius 1 is 0.457 bits per heavy atom. The number of aromatic hydroxyl groups is 1. The second-order valence-corrected chi connectivity index (χ2v) is 26.4. The van der Waals surface area contributed by atoms with Crippen molar-refractivity contribution in [3.8, 4) is 45.8 Å². The van der Waals surface area contributed by atoms with E-state index in [9.17, 15) is 24.3 Å². The van der Waals surface area contributed by atoms with E-state index < -0.39 is 46.8 Å². The molecule has 0 amide bonds. The maximum Gasteiger partial charge on any atom is 0.435 e. The molecule has 2 fully saturated rings. The number of fused-ring (bicyclic) bond motifs is 4. The number of benzene rings is 5. The minimum Gasteiger partial charge on any atom is -0.508 e. The third kappa shape index (κ3) is 17.0. The van der Waals surface area contributed by atoms with Gasteiger partial charge in [-0.1, -0.05) is 30.3 Å². The van der Waals surface area contributed by atoms with E-state index in [2.05, 4.69) is 14.9 Å². The Hall–Kier alpha value is -8.38. The van der Waals surface area contributed by atoms with Crippen LogP contribution in [0.1, 0.15) is 88.6 Å². The molecule has 0 atom stereocenters. The summed E-state index contributed by atoms with van der Waals surface area (Å²) in [6.45, 7) is 30.9. The number of rotatable bonds is 13. The number of ether oxygens (including phenoxy) is 9. The van der Waals surface area contributed by atoms with Crippen LogP contribution in [0.5, 0.6) is 23.0 Å². The van der Waals surface area contributed by atoms with Crippen LogP contribution < -0.4 is 14.2 Å². The van der Waals surface area contributed by atoms with Gasteiger partial charge in [0.25, 0.3) is 0 Å². The van der Waals surface area contributed by atoms with Crippen LogP contribution in [0.4, 0.5) is 19.2 Å². The van der Waals surface area contributed by atoms with Crippen molar-refractivity contribution in [3.63, 3.8) is 0 Å². The number of carbonyl (C=O) groups is 4. The van der Waals surface area contributed by atoms with Crippen molar-refractivity contribution in [2.45, 2.75) is 112 Å². The van der Waals surface area contributed by atoms with Crippen LogP contribution in [0, 0.1) is 0 Å². The molecule has 5 aromatic carbocycles. The van der Waals surface area contributed by atoms with Crippen LogP contribution in [0.15, 0.2) is 115 Å². The fourth-order valence-electron chi connectivity index (χ4n) is 10.5. The van der Waals surface area contributed by atoms with Crippen molar-refractivity contribution >= 4 is 68.0 Å². The Morgan fingerprint density at radius 3 is 1.26 bits per heavy atom. The van der Waals surface area contributed by atoms with Gasteiger partial charge in [0.1, 0.15) is 76.6 Å². The predicted molar refractivity (Wildman–Crippen MR) is 346 cm³/mol. The molecule has 0 aliphatic carbocycles. The second-order valence-electron chi connectivity index (χ2n) is 26.4. The number of phenols is 1. The van der Waals surface area contributed by atoms with Gasteiger partial charge in [0.2, 0.25) is 0 Å². The van der Waals surface area contributed by atoms with Crippen LogP contribution in [0.2, 0.25) is 0 Å². The van der Waals surface area contributed by atoms with Gasteiger partial charge in [-0.3, -0.25) is 9.80 Å². The van der Waals surface area contributed by atoms with Crippen LogP contribution in [0.3, 0.4) is 0 Å². The second kappa shape index (κ2) is 28.2. The summed E-state index contributed by atoms with van der Waals surface area (Å²) in [4.78, 5) is 58.7. The summed E-state index contributed by atoms with van der Waals surface area (Å²) < 4.78 is 57.5. The van der Waals surface area contributed by atoms with Crippen molar-refractivity contribution in [1.82, 2.24) is 38.5 Å². The van der Waals surface area contributed by atoms with Crippen molar-refractivity contribution in [3.05, 3.63) is 121 Å². The van der Waals surface area contributed by atoms with Gasteiger partial charge in [-0.05, 0) is 174 Å². The fraction of sp³-hybridized carbons (Fsp3) is 0.420. The van der Waals surface area contributed by atoms with Gasteiger partial charge in [-0.15, -0.1) is 0 Å². The Kier molecular flexibility index (Phi) is 20.9. The fourth-order valence-corrected chi connectivity index (χ4v) is 10.5. The van der Waals surface area contributed by atoms with Gasteiger partial charge in [-0.2, -0.15) is 19.6 Å². The molecule has 92 heavy (non-hydrogen) atoms. The summed E-state index contributed by atoms with van der Waals surface area (Å²) in [7, 11) is 0. The summed E-state index contributed by atoms with van der Waals surface area (Å²) in [5, 5.41) is 22.3. The minimum atomic E-state index is -0.760. The molecule has 487 valence electrons. The van der Waals surface area contributed by atoms with E-state index in [1.165, 1.54) is 25.9 Å². The molecule has 2 aliphatic rings. The average Bonchev–Trinajstić information content (AvgIpc) is 1.60. The van der Waals surface area contributed by atoms with Gasteiger partial charge in [0.15, 0.2) is 0 Å². The molecule has 0 spiro atoms. The standard InChI is InChI=1S/C38H44N4O7.C31H38N4O7.V/c1-37(2,3)48-35(43)41-31-14-12-28(46-21-18-40-16-19-45-20-17-40)22-27(31)23-33(41)34-30-24-29(47-25-26-10-8-7-9-11-26)13-15-32(30)42(39-34)36(44)49-38(4,5)6;1-30(2,3)41-28(37)34-24-10-8-22(40-16-13-33-11-14-39-15-12-33)17-20(24)18-26(34)27-23-19-21(36)7-9-25(23)35(32-27)29(38)42-31(4,5)6;/h7-15,22-24H,16-21,25H2,1-6H3;7-10,17-19,36H,11-16H2,1-6H3;. The maximum absolute atomic E-state index is 13.9. The molecule has 0 bridgehead atoms. The first-order valence-corrected chi connectivity index (χ1v) is 30.7. The summed E-state index contributed by atoms with van der Waals surface area (Å²) >= 11 is 0. The van der Waals surface area contributed by atoms with Crippen LogP contribution in [-0.4, -0.2) is 169 Å². The number of nitrogens with zero attached hydrogens (tertiary/aromatic N) is 8. The van der Waals surface area contributed by atoms with E-state index >= 15 is 0 Å². The average molecular weight is 1300 g/mol. The molecule has 6 heterocycles. The van der Waals surface area contributed by atoms with Crippen molar-refractivity contribution < 1.29 is 85.5 Å². The molecule has 2 aliphatic heterocycles. The number of carbonyl (C=O) groups excluding carboxylic acids is 4. The third-order valence-corrected chi connectivity index (χ3v) is 14.4. The topological polar surface area (TPSA) is 224 Å². The third-order valence-electron chi connectivity index (χ3n) is 14.4. The molecule has 11 rings (SSSR count). The van der Waals surface area contributed by atoms with E-state index in [1.807, 2.05) is 93.6 Å². The van der Waals surface area contributed by atoms with Crippen LogP contribution in [0.25, 0.3) is 66.4 Å². The number of phenolic OH excluding ortho intramolecular Hbond substituents is 1. The van der Waals surface area contributed by atoms with Gasteiger partial charge < -0.3 is 47.7 Å². The molecule has 1 N–H and O–H groups in total. The first kappa shape index (κ1) is 68.0. The quantitative estimate of drug-likeness (QED) is 0.106. The zero-order valence-electron chi connectivity index (χ0n) is 54.4. The Balaban J connectivity index is 0.000000218. The smallest absolute Gasteiger partial charge is 0.435 e. The largest absolute Gasteiger partial charge is 0.508 e. The van der Waals surface area contributed by atoms with Gasteiger partial charge >= 0.3 is 24.4 Å². The molecule has 9 aromatic rings. The SMILES string of the molecule is CC(C)(C)OC(=O)n1nc(-c2cc3cc(OCCN4CCOCC4)ccc3n2C(=O)OC(C)(C)C)c2cc(O)ccc21.CC(C)(C)OC(=O)n1nc(-c2cc3cc(OCCN4CCOCC4)ccc3n2C(=O)OC(C)(C)C)c2cc(OCc3ccccc3)ccc21.[V]. The molecule has 2 saturated heterocycles. The van der Waals surface area contributed by atoms with E-state index in [0.29, 0.717) is 92.7 Å². The summed E-state index contributed by atoms with van der Waals surface area (Å²) in [5.41, 5.74) is 1.65. The molecular weight excluding hydrogens is 1220 g/mol. The zero-order chi connectivity index (χ0) is 65.0. The Morgan fingerprint density at radius 2 is 0.837 bits per heavy atom. The molecule has 0 saturated carbocycles. The summed E-state index contributed by atoms with van der Waals surface area (Å²) in [5.74, 6) is 1.90. The summed E-state index contributed by atoms with van der Waals surface area (Å²) in [6.07, 6.45) is -2.50. The molecule has 22 nitrogen and oxygen atoms in total. The number of hydrogen-bond donors (Lipinski definition) is 1. The van der Waals surface area contributed by atoms with E-state index in [0.717, 1.165) is 86.7 Å². The molecule has 0 unspecified atom stereocenters. The summed E-state index contributed by atoms with van der Waals surface area (Å²) in [6, 6.07) is 34.6. The van der Waals surface area contributed by atoms with Gasteiger partial charge in [-0.25, -0.2) is 28.3 Å². The monoisotopic (exact) mass is 1300 g/mol. The number of morpholine rings is 2. The Labute approximate surface area is 546 Å². The first-order chi connectivity index (χ1) is 43.1. The van der Waals surface area contributed by atoms with Crippen molar-refractivity contribution in [1.29, 1.82) is 0 Å². The first-order valence-electron chi connectivity index (χ1n) is 30.7. The van der Waals surface area contributed by atoms with Crippen LogP contribution in [-0.2, 0) is 53.6 Å². The molecular formula is C69H82N8O14V. The van der Waals surface area contributed by atoms with E-state index in [1.54, 1.807) is 92.6 Å². The zero-order valence-corrected chi connectivity index (χ0v) is 55.8. The molecule has 4 aromatic heterocycles. The van der Waals surface area contributed by atoms with E-state index in [-0.39, 0.29) is 24.3 Å².